The maximum absolute atomic E-state index is 13.6. The van der Waals surface area contributed by atoms with E-state index < -0.39 is 23.5 Å². The van der Waals surface area contributed by atoms with E-state index in [0.717, 1.165) is 16.5 Å². The van der Waals surface area contributed by atoms with Gasteiger partial charge in [-0.1, -0.05) is 48.0 Å². The highest BCUT2D eigenvalue weighted by atomic mass is 16.3. The van der Waals surface area contributed by atoms with E-state index in [-0.39, 0.29) is 17.1 Å². The average molecular weight is 439 g/mol. The zero-order valence-corrected chi connectivity index (χ0v) is 18.1. The number of ketones is 1. The Hall–Kier alpha value is -4.32. The van der Waals surface area contributed by atoms with Crippen molar-refractivity contribution in [3.63, 3.8) is 0 Å². The van der Waals surface area contributed by atoms with Gasteiger partial charge in [0.15, 0.2) is 11.5 Å². The Bertz CT molecular complexity index is 1410. The van der Waals surface area contributed by atoms with Gasteiger partial charge in [-0.05, 0) is 55.3 Å². The molecule has 1 amide bonds. The summed E-state index contributed by atoms with van der Waals surface area (Å²) in [5.41, 5.74) is 3.49. The van der Waals surface area contributed by atoms with Gasteiger partial charge in [0.2, 0.25) is 5.78 Å². The predicted molar refractivity (Wildman–Crippen MR) is 124 cm³/mol. The molecular weight excluding hydrogens is 418 g/mol. The first-order valence-electron chi connectivity index (χ1n) is 10.5. The van der Waals surface area contributed by atoms with Crippen LogP contribution in [-0.2, 0) is 4.79 Å². The van der Waals surface area contributed by atoms with Crippen LogP contribution in [0.5, 0.6) is 5.75 Å². The first-order chi connectivity index (χ1) is 15.8. The summed E-state index contributed by atoms with van der Waals surface area (Å²) in [5.74, 6) is -1.75. The maximum Gasteiger partial charge on any atom is 0.294 e. The molecule has 1 unspecified atom stereocenters. The van der Waals surface area contributed by atoms with Crippen LogP contribution in [-0.4, -0.2) is 21.9 Å². The number of aliphatic hydroxyl groups is 1. The van der Waals surface area contributed by atoms with Crippen molar-refractivity contribution in [3.8, 4) is 5.75 Å². The van der Waals surface area contributed by atoms with Crippen molar-refractivity contribution in [3.05, 3.63) is 107 Å². The Morgan fingerprint density at radius 3 is 2.36 bits per heavy atom. The van der Waals surface area contributed by atoms with Gasteiger partial charge in [0.05, 0.1) is 11.6 Å². The highest BCUT2D eigenvalue weighted by Gasteiger charge is 2.45. The molecule has 2 N–H and O–H groups in total. The number of aryl methyl sites for hydroxylation is 2. The van der Waals surface area contributed by atoms with E-state index in [1.165, 1.54) is 17.0 Å². The molecule has 164 valence electrons. The van der Waals surface area contributed by atoms with E-state index in [4.69, 9.17) is 4.42 Å². The number of hydrogen-bond acceptors (Lipinski definition) is 5. The number of phenolic OH excluding ortho intramolecular Hbond substituents is 1. The van der Waals surface area contributed by atoms with Crippen LogP contribution in [0, 0.1) is 13.8 Å². The number of nitrogens with zero attached hydrogens (tertiary/aromatic N) is 1. The number of phenols is 1. The minimum Gasteiger partial charge on any atom is -0.508 e. The second kappa shape index (κ2) is 7.67. The van der Waals surface area contributed by atoms with E-state index >= 15 is 0 Å². The number of hydrogen-bond donors (Lipinski definition) is 2. The summed E-state index contributed by atoms with van der Waals surface area (Å²) in [7, 11) is 0. The lowest BCUT2D eigenvalue weighted by Gasteiger charge is -2.28. The fraction of sp³-hybridized carbons (Fsp3) is 0.111. The fourth-order valence-corrected chi connectivity index (χ4v) is 4.36. The summed E-state index contributed by atoms with van der Waals surface area (Å²) >= 11 is 0. The number of para-hydroxylation sites is 1. The maximum atomic E-state index is 13.6. The number of carbonyl (C=O) groups excluding carboxylic acids is 2. The van der Waals surface area contributed by atoms with Gasteiger partial charge in [-0.2, -0.15) is 0 Å². The zero-order valence-electron chi connectivity index (χ0n) is 18.1. The summed E-state index contributed by atoms with van der Waals surface area (Å²) in [6, 6.07) is 19.8. The van der Waals surface area contributed by atoms with Crippen LogP contribution in [0.15, 0.2) is 88.5 Å². The van der Waals surface area contributed by atoms with E-state index in [0.29, 0.717) is 16.8 Å². The van der Waals surface area contributed by atoms with Crippen molar-refractivity contribution in [2.24, 2.45) is 0 Å². The minimum atomic E-state index is -0.889. The van der Waals surface area contributed by atoms with Gasteiger partial charge in [-0.3, -0.25) is 14.5 Å². The number of benzene rings is 3. The highest BCUT2D eigenvalue weighted by molar-refractivity contribution is 6.20. The number of Topliss-reactive ketones (excluding diaryl/α,β-unsaturated/α-hetero) is 1. The molecule has 1 atom stereocenters. The van der Waals surface area contributed by atoms with Crippen LogP contribution in [0.2, 0.25) is 0 Å². The molecule has 1 aromatic heterocycles. The largest absolute Gasteiger partial charge is 0.508 e. The van der Waals surface area contributed by atoms with Crippen molar-refractivity contribution >= 4 is 28.3 Å². The number of carbonyl (C=O) groups is 2. The minimum absolute atomic E-state index is 0.0387. The number of aliphatic hydroxyl groups excluding tert-OH is 1. The molecule has 4 aromatic rings. The molecule has 0 bridgehead atoms. The quantitative estimate of drug-likeness (QED) is 0.408. The Labute approximate surface area is 190 Å². The number of furan rings is 1. The first-order valence-corrected chi connectivity index (χ1v) is 10.5. The van der Waals surface area contributed by atoms with Crippen molar-refractivity contribution < 1.29 is 24.2 Å². The molecule has 0 spiro atoms. The average Bonchev–Trinajstić information content (AvgIpc) is 3.34. The monoisotopic (exact) mass is 439 g/mol. The van der Waals surface area contributed by atoms with E-state index in [1.54, 1.807) is 36.4 Å². The summed E-state index contributed by atoms with van der Waals surface area (Å²) in [6.07, 6.45) is 0. The third-order valence-electron chi connectivity index (χ3n) is 5.92. The van der Waals surface area contributed by atoms with E-state index in [2.05, 4.69) is 0 Å². The van der Waals surface area contributed by atoms with Crippen LogP contribution >= 0.6 is 0 Å². The summed E-state index contributed by atoms with van der Waals surface area (Å²) < 4.78 is 5.74. The van der Waals surface area contributed by atoms with Gasteiger partial charge in [0.1, 0.15) is 11.3 Å². The standard InChI is InChI=1S/C27H21NO5/c1-15-7-12-20(16(2)13-15)28-24(17-8-10-19(29)11-9-17)23(26(31)27(28)32)25(30)22-14-18-5-3-4-6-21(18)33-22/h3-14,24,29,31H,1-2H3. The van der Waals surface area contributed by atoms with E-state index in [9.17, 15) is 19.8 Å². The Morgan fingerprint density at radius 2 is 1.67 bits per heavy atom. The summed E-state index contributed by atoms with van der Waals surface area (Å²) in [4.78, 5) is 28.3. The molecule has 2 heterocycles. The first kappa shape index (κ1) is 20.6. The van der Waals surface area contributed by atoms with Gasteiger partial charge in [0.25, 0.3) is 5.91 Å². The van der Waals surface area contributed by atoms with Crippen molar-refractivity contribution in [2.45, 2.75) is 19.9 Å². The van der Waals surface area contributed by atoms with Gasteiger partial charge in [-0.25, -0.2) is 0 Å². The Balaban J connectivity index is 1.68. The number of fused-ring (bicyclic) bond motifs is 1. The predicted octanol–water partition coefficient (Wildman–Crippen LogP) is 5.54. The Morgan fingerprint density at radius 1 is 0.939 bits per heavy atom. The number of amides is 1. The summed E-state index contributed by atoms with van der Waals surface area (Å²) in [5, 5.41) is 21.4. The third kappa shape index (κ3) is 3.36. The second-order valence-electron chi connectivity index (χ2n) is 8.20. The molecule has 0 saturated heterocycles. The third-order valence-corrected chi connectivity index (χ3v) is 5.92. The highest BCUT2D eigenvalue weighted by Crippen LogP contribution is 2.43. The smallest absolute Gasteiger partial charge is 0.294 e. The molecule has 0 radical (unpaired) electrons. The van der Waals surface area contributed by atoms with Crippen molar-refractivity contribution in [2.75, 3.05) is 4.90 Å². The Kier molecular flexibility index (Phi) is 4.78. The van der Waals surface area contributed by atoms with Crippen LogP contribution in [0.1, 0.15) is 33.3 Å². The van der Waals surface area contributed by atoms with Gasteiger partial charge >= 0.3 is 0 Å². The molecular formula is C27H21NO5. The number of anilines is 1. The topological polar surface area (TPSA) is 91.0 Å². The molecule has 0 aliphatic carbocycles. The van der Waals surface area contributed by atoms with Gasteiger partial charge in [-0.15, -0.1) is 0 Å². The molecule has 6 heteroatoms. The summed E-state index contributed by atoms with van der Waals surface area (Å²) in [6.45, 7) is 3.83. The lowest BCUT2D eigenvalue weighted by atomic mass is 9.94. The van der Waals surface area contributed by atoms with Crippen LogP contribution in [0.3, 0.4) is 0 Å². The number of aromatic hydroxyl groups is 1. The normalized spacial score (nSPS) is 16.1. The molecule has 5 rings (SSSR count). The lowest BCUT2D eigenvalue weighted by Crippen LogP contribution is -2.31. The number of rotatable bonds is 4. The fourth-order valence-electron chi connectivity index (χ4n) is 4.36. The van der Waals surface area contributed by atoms with Gasteiger partial charge < -0.3 is 14.6 Å². The SMILES string of the molecule is Cc1ccc(N2C(=O)C(O)=C(C(=O)c3cc4ccccc4o3)C2c2ccc(O)cc2)c(C)c1. The lowest BCUT2D eigenvalue weighted by molar-refractivity contribution is -0.117. The molecule has 1 aliphatic rings. The molecule has 1 aliphatic heterocycles. The van der Waals surface area contributed by atoms with Crippen LogP contribution in [0.4, 0.5) is 5.69 Å². The molecule has 0 fully saturated rings. The molecule has 0 saturated carbocycles. The van der Waals surface area contributed by atoms with Crippen LogP contribution < -0.4 is 4.90 Å². The van der Waals surface area contributed by atoms with Crippen LogP contribution in [0.25, 0.3) is 11.0 Å². The molecule has 3 aromatic carbocycles. The zero-order chi connectivity index (χ0) is 23.3. The van der Waals surface area contributed by atoms with E-state index in [1.807, 2.05) is 38.1 Å². The van der Waals surface area contributed by atoms with Gasteiger partial charge in [0, 0.05) is 11.1 Å². The van der Waals surface area contributed by atoms with Crippen molar-refractivity contribution in [1.29, 1.82) is 0 Å². The van der Waals surface area contributed by atoms with Crippen molar-refractivity contribution in [1.82, 2.24) is 0 Å². The molecule has 33 heavy (non-hydrogen) atoms. The second-order valence-corrected chi connectivity index (χ2v) is 8.20. The molecule has 6 nitrogen and oxygen atoms in total.